The molecule has 0 bridgehead atoms. The Morgan fingerprint density at radius 3 is 2.57 bits per heavy atom. The molecule has 0 radical (unpaired) electrons. The van der Waals surface area contributed by atoms with Crippen molar-refractivity contribution in [2.75, 3.05) is 27.8 Å². The molecule has 1 aromatic heterocycles. The standard InChI is InChI=1S/C17H22N2O2/c1-19(12-10-15-8-4-5-11-18-15)13-14-7-6-9-16(20-2)17(14)21-3/h4-9,11H,10,12-13H2,1-3H3. The van der Waals surface area contributed by atoms with Crippen molar-refractivity contribution in [2.24, 2.45) is 0 Å². The predicted molar refractivity (Wildman–Crippen MR) is 83.8 cm³/mol. The molecule has 0 aliphatic rings. The van der Waals surface area contributed by atoms with E-state index >= 15 is 0 Å². The number of para-hydroxylation sites is 1. The second-order valence-electron chi connectivity index (χ2n) is 4.96. The van der Waals surface area contributed by atoms with Crippen LogP contribution in [0.3, 0.4) is 0 Å². The van der Waals surface area contributed by atoms with Crippen molar-refractivity contribution in [3.8, 4) is 11.5 Å². The topological polar surface area (TPSA) is 34.6 Å². The largest absolute Gasteiger partial charge is 0.493 e. The van der Waals surface area contributed by atoms with Crippen LogP contribution in [-0.4, -0.2) is 37.7 Å². The predicted octanol–water partition coefficient (Wildman–Crippen LogP) is 2.77. The summed E-state index contributed by atoms with van der Waals surface area (Å²) in [6.07, 6.45) is 2.77. The van der Waals surface area contributed by atoms with Gasteiger partial charge >= 0.3 is 0 Å². The summed E-state index contributed by atoms with van der Waals surface area (Å²) in [5.41, 5.74) is 2.24. The van der Waals surface area contributed by atoms with Crippen LogP contribution in [0.25, 0.3) is 0 Å². The molecule has 0 aliphatic carbocycles. The number of pyridine rings is 1. The summed E-state index contributed by atoms with van der Waals surface area (Å²) >= 11 is 0. The fourth-order valence-corrected chi connectivity index (χ4v) is 2.30. The van der Waals surface area contributed by atoms with Gasteiger partial charge in [-0.3, -0.25) is 4.98 Å². The smallest absolute Gasteiger partial charge is 0.165 e. The second kappa shape index (κ2) is 7.64. The van der Waals surface area contributed by atoms with E-state index < -0.39 is 0 Å². The summed E-state index contributed by atoms with van der Waals surface area (Å²) in [6, 6.07) is 12.0. The van der Waals surface area contributed by atoms with Crippen molar-refractivity contribution in [3.63, 3.8) is 0 Å². The number of likely N-dealkylation sites (N-methyl/N-ethyl adjacent to an activating group) is 1. The molecule has 1 aromatic carbocycles. The Morgan fingerprint density at radius 1 is 1.05 bits per heavy atom. The summed E-state index contributed by atoms with van der Waals surface area (Å²) < 4.78 is 10.8. The van der Waals surface area contributed by atoms with E-state index in [1.165, 1.54) is 0 Å². The van der Waals surface area contributed by atoms with Crippen molar-refractivity contribution in [2.45, 2.75) is 13.0 Å². The van der Waals surface area contributed by atoms with Crippen LogP contribution in [-0.2, 0) is 13.0 Å². The van der Waals surface area contributed by atoms with Gasteiger partial charge in [0.1, 0.15) is 0 Å². The van der Waals surface area contributed by atoms with E-state index in [0.717, 1.165) is 42.3 Å². The maximum absolute atomic E-state index is 5.47. The average molecular weight is 286 g/mol. The van der Waals surface area contributed by atoms with E-state index in [9.17, 15) is 0 Å². The molecule has 0 fully saturated rings. The van der Waals surface area contributed by atoms with Gasteiger partial charge in [-0.2, -0.15) is 0 Å². The minimum Gasteiger partial charge on any atom is -0.493 e. The van der Waals surface area contributed by atoms with Crippen molar-refractivity contribution in [1.82, 2.24) is 9.88 Å². The first-order valence-corrected chi connectivity index (χ1v) is 7.03. The molecule has 2 rings (SSSR count). The minimum atomic E-state index is 0.771. The molecule has 0 spiro atoms. The van der Waals surface area contributed by atoms with Crippen molar-refractivity contribution < 1.29 is 9.47 Å². The van der Waals surface area contributed by atoms with Gasteiger partial charge in [-0.15, -0.1) is 0 Å². The molecule has 0 N–H and O–H groups in total. The number of hydrogen-bond donors (Lipinski definition) is 0. The third-order valence-electron chi connectivity index (χ3n) is 3.40. The Balaban J connectivity index is 1.98. The molecule has 112 valence electrons. The van der Waals surface area contributed by atoms with Gasteiger partial charge in [0.2, 0.25) is 0 Å². The second-order valence-corrected chi connectivity index (χ2v) is 4.96. The highest BCUT2D eigenvalue weighted by atomic mass is 16.5. The average Bonchev–Trinajstić information content (AvgIpc) is 2.53. The van der Waals surface area contributed by atoms with Crippen LogP contribution in [0.2, 0.25) is 0 Å². The zero-order chi connectivity index (χ0) is 15.1. The summed E-state index contributed by atoms with van der Waals surface area (Å²) in [5, 5.41) is 0. The molecule has 0 saturated carbocycles. The Labute approximate surface area is 126 Å². The first kappa shape index (κ1) is 15.3. The molecule has 4 nitrogen and oxygen atoms in total. The highest BCUT2D eigenvalue weighted by Gasteiger charge is 2.11. The number of benzene rings is 1. The number of rotatable bonds is 7. The highest BCUT2D eigenvalue weighted by molar-refractivity contribution is 5.46. The van der Waals surface area contributed by atoms with Crippen molar-refractivity contribution >= 4 is 0 Å². The zero-order valence-corrected chi connectivity index (χ0v) is 12.9. The van der Waals surface area contributed by atoms with Gasteiger partial charge in [0.15, 0.2) is 11.5 Å². The quantitative estimate of drug-likeness (QED) is 0.784. The van der Waals surface area contributed by atoms with Crippen LogP contribution in [0.1, 0.15) is 11.3 Å². The van der Waals surface area contributed by atoms with Crippen LogP contribution in [0.5, 0.6) is 11.5 Å². The molecular formula is C17H22N2O2. The van der Waals surface area contributed by atoms with Gasteiger partial charge in [0.25, 0.3) is 0 Å². The van der Waals surface area contributed by atoms with Gasteiger partial charge in [-0.1, -0.05) is 18.2 Å². The van der Waals surface area contributed by atoms with E-state index in [1.807, 2.05) is 30.5 Å². The Kier molecular flexibility index (Phi) is 5.58. The van der Waals surface area contributed by atoms with Gasteiger partial charge in [-0.05, 0) is 25.2 Å². The normalized spacial score (nSPS) is 10.7. The van der Waals surface area contributed by atoms with Crippen LogP contribution in [0, 0.1) is 0 Å². The molecule has 2 aromatic rings. The molecular weight excluding hydrogens is 264 g/mol. The molecule has 0 amide bonds. The Morgan fingerprint density at radius 2 is 1.90 bits per heavy atom. The number of methoxy groups -OCH3 is 2. The fraction of sp³-hybridized carbons (Fsp3) is 0.353. The van der Waals surface area contributed by atoms with Crippen LogP contribution in [0.15, 0.2) is 42.6 Å². The lowest BCUT2D eigenvalue weighted by Gasteiger charge is -2.19. The maximum atomic E-state index is 5.47. The maximum Gasteiger partial charge on any atom is 0.165 e. The summed E-state index contributed by atoms with van der Waals surface area (Å²) in [6.45, 7) is 1.75. The number of hydrogen-bond acceptors (Lipinski definition) is 4. The zero-order valence-electron chi connectivity index (χ0n) is 12.9. The molecule has 1 heterocycles. The number of nitrogens with zero attached hydrogens (tertiary/aromatic N) is 2. The molecule has 0 aliphatic heterocycles. The third kappa shape index (κ3) is 4.20. The molecule has 0 saturated heterocycles. The molecule has 21 heavy (non-hydrogen) atoms. The van der Waals surface area contributed by atoms with Gasteiger partial charge in [0.05, 0.1) is 14.2 Å². The van der Waals surface area contributed by atoms with E-state index in [4.69, 9.17) is 9.47 Å². The van der Waals surface area contributed by atoms with Gasteiger partial charge < -0.3 is 14.4 Å². The van der Waals surface area contributed by atoms with Crippen molar-refractivity contribution in [1.29, 1.82) is 0 Å². The molecule has 0 atom stereocenters. The van der Waals surface area contributed by atoms with E-state index in [2.05, 4.69) is 29.1 Å². The third-order valence-corrected chi connectivity index (χ3v) is 3.40. The van der Waals surface area contributed by atoms with E-state index in [0.29, 0.717) is 0 Å². The fourth-order valence-electron chi connectivity index (χ4n) is 2.30. The van der Waals surface area contributed by atoms with Crippen LogP contribution in [0.4, 0.5) is 0 Å². The Hall–Kier alpha value is -2.07. The molecule has 4 heteroatoms. The van der Waals surface area contributed by atoms with Crippen molar-refractivity contribution in [3.05, 3.63) is 53.9 Å². The lowest BCUT2D eigenvalue weighted by atomic mass is 10.1. The number of ether oxygens (including phenoxy) is 2. The first-order valence-electron chi connectivity index (χ1n) is 7.03. The lowest BCUT2D eigenvalue weighted by molar-refractivity contribution is 0.311. The lowest BCUT2D eigenvalue weighted by Crippen LogP contribution is -2.21. The van der Waals surface area contributed by atoms with Crippen LogP contribution < -0.4 is 9.47 Å². The van der Waals surface area contributed by atoms with E-state index in [1.54, 1.807) is 14.2 Å². The summed E-state index contributed by atoms with van der Waals surface area (Å²) in [4.78, 5) is 6.60. The van der Waals surface area contributed by atoms with Gasteiger partial charge in [-0.25, -0.2) is 0 Å². The van der Waals surface area contributed by atoms with Gasteiger partial charge in [0, 0.05) is 37.0 Å². The highest BCUT2D eigenvalue weighted by Crippen LogP contribution is 2.31. The van der Waals surface area contributed by atoms with E-state index in [-0.39, 0.29) is 0 Å². The first-order chi connectivity index (χ1) is 10.2. The van der Waals surface area contributed by atoms with Crippen LogP contribution >= 0.6 is 0 Å². The monoisotopic (exact) mass is 286 g/mol. The summed E-state index contributed by atoms with van der Waals surface area (Å²) in [7, 11) is 5.43. The minimum absolute atomic E-state index is 0.771. The summed E-state index contributed by atoms with van der Waals surface area (Å²) in [5.74, 6) is 1.58. The Bertz CT molecular complexity index is 558. The molecule has 0 unspecified atom stereocenters. The SMILES string of the molecule is COc1cccc(CN(C)CCc2ccccn2)c1OC. The number of aromatic nitrogens is 1.